The molecule has 0 N–H and O–H groups in total. The molecule has 0 atom stereocenters. The van der Waals surface area contributed by atoms with Gasteiger partial charge in [0.2, 0.25) is 0 Å². The van der Waals surface area contributed by atoms with E-state index in [4.69, 9.17) is 0 Å². The van der Waals surface area contributed by atoms with Gasteiger partial charge in [0.05, 0.1) is 0 Å². The highest BCUT2D eigenvalue weighted by Crippen LogP contribution is 2.46. The first-order valence-corrected chi connectivity index (χ1v) is 9.56. The van der Waals surface area contributed by atoms with Gasteiger partial charge in [0.25, 0.3) is 0 Å². The van der Waals surface area contributed by atoms with Crippen LogP contribution in [0.3, 0.4) is 0 Å². The zero-order valence-corrected chi connectivity index (χ0v) is 18.8. The van der Waals surface area contributed by atoms with Crippen LogP contribution < -0.4 is 0 Å². The molecule has 6 heteroatoms. The summed E-state index contributed by atoms with van der Waals surface area (Å²) in [5, 5.41) is 0. The topological polar surface area (TPSA) is 47.1 Å². The average Bonchev–Trinajstić information content (AvgIpc) is 2.72. The number of rotatable bonds is 0. The number of urea groups is 2. The standard InChI is InChI=1S/C20H38N4O2/c1-17(2,3)21-13-14(23(15(21)25)19(7,8)9)24(20(10,11)12)16(26)22(13)18(4,5)6/h13-14H,1-12H3. The summed E-state index contributed by atoms with van der Waals surface area (Å²) in [6.45, 7) is 24.5. The fourth-order valence-electron chi connectivity index (χ4n) is 4.18. The van der Waals surface area contributed by atoms with E-state index in [0.717, 1.165) is 0 Å². The minimum absolute atomic E-state index is 0.00370. The van der Waals surface area contributed by atoms with Crippen LogP contribution in [0.2, 0.25) is 0 Å². The number of hydrogen-bond donors (Lipinski definition) is 0. The van der Waals surface area contributed by atoms with Crippen LogP contribution in [0.15, 0.2) is 0 Å². The number of fused-ring (bicyclic) bond motifs is 1. The third-order valence-electron chi connectivity index (χ3n) is 5.04. The number of carbonyl (C=O) groups is 2. The van der Waals surface area contributed by atoms with Crippen molar-refractivity contribution in [2.45, 2.75) is 118 Å². The van der Waals surface area contributed by atoms with Gasteiger partial charge >= 0.3 is 12.1 Å². The van der Waals surface area contributed by atoms with Gasteiger partial charge in [-0.05, 0) is 83.1 Å². The maximum absolute atomic E-state index is 13.6. The predicted octanol–water partition coefficient (Wildman–Crippen LogP) is 4.31. The van der Waals surface area contributed by atoms with Crippen molar-refractivity contribution in [3.8, 4) is 0 Å². The van der Waals surface area contributed by atoms with E-state index in [1.165, 1.54) is 0 Å². The maximum Gasteiger partial charge on any atom is 0.324 e. The normalized spacial score (nSPS) is 25.5. The Morgan fingerprint density at radius 2 is 0.615 bits per heavy atom. The zero-order valence-electron chi connectivity index (χ0n) is 18.8. The Hall–Kier alpha value is -1.46. The summed E-state index contributed by atoms with van der Waals surface area (Å²) in [7, 11) is 0. The van der Waals surface area contributed by atoms with Gasteiger partial charge < -0.3 is 0 Å². The van der Waals surface area contributed by atoms with Crippen molar-refractivity contribution in [3.63, 3.8) is 0 Å². The summed E-state index contributed by atoms with van der Waals surface area (Å²) in [6, 6.07) is -0.00741. The predicted molar refractivity (Wildman–Crippen MR) is 105 cm³/mol. The first-order valence-electron chi connectivity index (χ1n) is 9.56. The summed E-state index contributed by atoms with van der Waals surface area (Å²) in [4.78, 5) is 34.7. The number of carbonyl (C=O) groups excluding carboxylic acids is 2. The molecule has 0 aromatic carbocycles. The van der Waals surface area contributed by atoms with Gasteiger partial charge in [-0.25, -0.2) is 9.59 Å². The number of nitrogens with zero attached hydrogens (tertiary/aromatic N) is 4. The summed E-state index contributed by atoms with van der Waals surface area (Å²) in [6.07, 6.45) is -0.623. The fraction of sp³-hybridized carbons (Fsp3) is 0.900. The fourth-order valence-corrected chi connectivity index (χ4v) is 4.18. The SMILES string of the molecule is CC(C)(C)N1C(=O)N(C(C)(C)C)C2C1N(C(C)(C)C)C(=O)N2C(C)(C)C. The van der Waals surface area contributed by atoms with E-state index < -0.39 is 22.2 Å². The molecule has 2 fully saturated rings. The van der Waals surface area contributed by atoms with E-state index in [0.29, 0.717) is 0 Å². The maximum atomic E-state index is 13.6. The lowest BCUT2D eigenvalue weighted by atomic mass is 10.0. The molecular weight excluding hydrogens is 328 g/mol. The molecule has 6 nitrogen and oxygen atoms in total. The molecule has 2 aliphatic rings. The monoisotopic (exact) mass is 366 g/mol. The molecule has 2 aliphatic heterocycles. The van der Waals surface area contributed by atoms with E-state index in [1.807, 2.05) is 103 Å². The number of amides is 4. The minimum atomic E-state index is -0.391. The van der Waals surface area contributed by atoms with Gasteiger partial charge in [-0.1, -0.05) is 0 Å². The average molecular weight is 367 g/mol. The van der Waals surface area contributed by atoms with Crippen LogP contribution >= 0.6 is 0 Å². The Bertz CT molecular complexity index is 499. The van der Waals surface area contributed by atoms with Gasteiger partial charge in [0.15, 0.2) is 12.3 Å². The van der Waals surface area contributed by atoms with Crippen molar-refractivity contribution in [2.75, 3.05) is 0 Å². The third kappa shape index (κ3) is 3.05. The summed E-state index contributed by atoms with van der Waals surface area (Å²) >= 11 is 0. The zero-order chi connectivity index (χ0) is 20.6. The molecule has 2 saturated heterocycles. The number of hydrogen-bond acceptors (Lipinski definition) is 2. The minimum Gasteiger partial charge on any atom is -0.295 e. The van der Waals surface area contributed by atoms with E-state index in [9.17, 15) is 9.59 Å². The molecule has 26 heavy (non-hydrogen) atoms. The van der Waals surface area contributed by atoms with Crippen molar-refractivity contribution < 1.29 is 9.59 Å². The molecule has 0 bridgehead atoms. The van der Waals surface area contributed by atoms with Crippen LogP contribution in [0.4, 0.5) is 9.59 Å². The Morgan fingerprint density at radius 3 is 0.731 bits per heavy atom. The summed E-state index contributed by atoms with van der Waals surface area (Å²) < 4.78 is 0. The van der Waals surface area contributed by atoms with Gasteiger partial charge in [-0.3, -0.25) is 19.6 Å². The second-order valence-electron chi connectivity index (χ2n) is 11.6. The van der Waals surface area contributed by atoms with E-state index >= 15 is 0 Å². The molecule has 0 spiro atoms. The highest BCUT2D eigenvalue weighted by Gasteiger charge is 2.66. The van der Waals surface area contributed by atoms with Crippen LogP contribution in [-0.4, -0.2) is 66.1 Å². The van der Waals surface area contributed by atoms with Gasteiger partial charge in [-0.15, -0.1) is 0 Å². The second-order valence-corrected chi connectivity index (χ2v) is 11.6. The lowest BCUT2D eigenvalue weighted by Crippen LogP contribution is -2.60. The Balaban J connectivity index is 2.77. The van der Waals surface area contributed by atoms with E-state index in [-0.39, 0.29) is 24.4 Å². The van der Waals surface area contributed by atoms with Crippen molar-refractivity contribution >= 4 is 12.1 Å². The summed E-state index contributed by atoms with van der Waals surface area (Å²) in [5.74, 6) is 0. The molecule has 0 radical (unpaired) electrons. The lowest BCUT2D eigenvalue weighted by molar-refractivity contribution is 0.0147. The first kappa shape index (κ1) is 20.8. The van der Waals surface area contributed by atoms with Gasteiger partial charge in [0.1, 0.15) is 0 Å². The molecule has 0 unspecified atom stereocenters. The van der Waals surface area contributed by atoms with Gasteiger partial charge in [-0.2, -0.15) is 0 Å². The highest BCUT2D eigenvalue weighted by molar-refractivity contribution is 5.87. The van der Waals surface area contributed by atoms with Gasteiger partial charge in [0, 0.05) is 22.2 Å². The van der Waals surface area contributed by atoms with Crippen LogP contribution in [0.1, 0.15) is 83.1 Å². The lowest BCUT2D eigenvalue weighted by Gasteiger charge is -2.44. The summed E-state index contributed by atoms with van der Waals surface area (Å²) in [5.41, 5.74) is -1.56. The van der Waals surface area contributed by atoms with Crippen molar-refractivity contribution in [1.29, 1.82) is 0 Å². The third-order valence-corrected chi connectivity index (χ3v) is 5.04. The van der Waals surface area contributed by atoms with Crippen molar-refractivity contribution in [1.82, 2.24) is 19.6 Å². The first-order chi connectivity index (χ1) is 11.3. The van der Waals surface area contributed by atoms with Crippen LogP contribution in [0.5, 0.6) is 0 Å². The molecule has 2 heterocycles. The van der Waals surface area contributed by atoms with E-state index in [2.05, 4.69) is 0 Å². The van der Waals surface area contributed by atoms with Crippen LogP contribution in [-0.2, 0) is 0 Å². The highest BCUT2D eigenvalue weighted by atomic mass is 16.2. The Morgan fingerprint density at radius 1 is 0.462 bits per heavy atom. The molecule has 0 aromatic heterocycles. The van der Waals surface area contributed by atoms with E-state index in [1.54, 1.807) is 0 Å². The molecule has 0 aromatic rings. The molecule has 0 saturated carbocycles. The van der Waals surface area contributed by atoms with Crippen molar-refractivity contribution in [3.05, 3.63) is 0 Å². The Labute approximate surface area is 159 Å². The van der Waals surface area contributed by atoms with Crippen LogP contribution in [0, 0.1) is 0 Å². The largest absolute Gasteiger partial charge is 0.324 e. The van der Waals surface area contributed by atoms with Crippen LogP contribution in [0.25, 0.3) is 0 Å². The molecule has 2 rings (SSSR count). The quantitative estimate of drug-likeness (QED) is 0.641. The molecular formula is C20H38N4O2. The molecule has 4 amide bonds. The molecule has 0 aliphatic carbocycles. The molecule has 150 valence electrons. The van der Waals surface area contributed by atoms with Crippen molar-refractivity contribution in [2.24, 2.45) is 0 Å². The second kappa shape index (κ2) is 5.52. The Kier molecular flexibility index (Phi) is 4.43. The smallest absolute Gasteiger partial charge is 0.295 e.